The Bertz CT molecular complexity index is 101. The molecule has 0 spiro atoms. The first-order chi connectivity index (χ1) is 3.80. The Kier molecular flexibility index (Phi) is 4.14. The first kappa shape index (κ1) is 9.17. The van der Waals surface area contributed by atoms with Crippen LogP contribution in [0.3, 0.4) is 0 Å². The monoisotopic (exact) mass is 222 g/mol. The van der Waals surface area contributed by atoms with E-state index in [1.165, 1.54) is 0 Å². The molecule has 1 rings (SSSR count). The van der Waals surface area contributed by atoms with Crippen molar-refractivity contribution in [2.75, 3.05) is 6.54 Å². The van der Waals surface area contributed by atoms with Gasteiger partial charge in [0.25, 0.3) is 0 Å². The van der Waals surface area contributed by atoms with Crippen LogP contribution >= 0.6 is 0 Å². The molecular weight excluding hydrogens is 214 g/mol. The van der Waals surface area contributed by atoms with Gasteiger partial charge < -0.3 is 10.4 Å². The topological polar surface area (TPSA) is 49.3 Å². The van der Waals surface area contributed by atoms with Crippen molar-refractivity contribution in [2.45, 2.75) is 18.9 Å². The first-order valence-electron chi connectivity index (χ1n) is 2.77. The summed E-state index contributed by atoms with van der Waals surface area (Å²) in [5.74, 6) is -0.720. The van der Waals surface area contributed by atoms with E-state index < -0.39 is 5.97 Å². The van der Waals surface area contributed by atoms with Crippen LogP contribution in [0.1, 0.15) is 12.8 Å². The van der Waals surface area contributed by atoms with Crippen LogP contribution in [-0.4, -0.2) is 23.7 Å². The van der Waals surface area contributed by atoms with E-state index >= 15 is 0 Å². The molecule has 2 N–H and O–H groups in total. The Hall–Kier alpha value is 0.170. The minimum absolute atomic E-state index is 0. The molecule has 1 radical (unpaired) electrons. The molecular formula is C5H9AgNO2. The maximum atomic E-state index is 10.1. The number of rotatable bonds is 1. The van der Waals surface area contributed by atoms with Gasteiger partial charge in [-0.25, -0.2) is 0 Å². The van der Waals surface area contributed by atoms with Crippen LogP contribution in [-0.2, 0) is 27.2 Å². The largest absolute Gasteiger partial charge is 0.480 e. The van der Waals surface area contributed by atoms with E-state index in [0.717, 1.165) is 19.4 Å². The van der Waals surface area contributed by atoms with Gasteiger partial charge in [-0.1, -0.05) is 0 Å². The van der Waals surface area contributed by atoms with Crippen LogP contribution in [0.15, 0.2) is 0 Å². The maximum Gasteiger partial charge on any atom is 0.320 e. The molecule has 4 heteroatoms. The Morgan fingerprint density at radius 1 is 1.67 bits per heavy atom. The van der Waals surface area contributed by atoms with Gasteiger partial charge in [0, 0.05) is 22.4 Å². The summed E-state index contributed by atoms with van der Waals surface area (Å²) in [4.78, 5) is 10.1. The summed E-state index contributed by atoms with van der Waals surface area (Å²) in [5, 5.41) is 11.2. The molecule has 0 aromatic carbocycles. The zero-order valence-corrected chi connectivity index (χ0v) is 6.34. The summed E-state index contributed by atoms with van der Waals surface area (Å²) < 4.78 is 0. The molecule has 3 nitrogen and oxygen atoms in total. The fourth-order valence-electron chi connectivity index (χ4n) is 0.895. The molecule has 1 aliphatic heterocycles. The fourth-order valence-corrected chi connectivity index (χ4v) is 0.895. The van der Waals surface area contributed by atoms with Crippen LogP contribution in [0.25, 0.3) is 0 Å². The number of hydrogen-bond acceptors (Lipinski definition) is 2. The van der Waals surface area contributed by atoms with Crippen molar-refractivity contribution in [1.82, 2.24) is 5.32 Å². The number of carboxylic acids is 1. The van der Waals surface area contributed by atoms with Crippen molar-refractivity contribution in [3.63, 3.8) is 0 Å². The van der Waals surface area contributed by atoms with Crippen molar-refractivity contribution in [3.8, 4) is 0 Å². The first-order valence-corrected chi connectivity index (χ1v) is 2.77. The average molecular weight is 223 g/mol. The second-order valence-corrected chi connectivity index (χ2v) is 1.99. The number of carboxylic acid groups (broad SMARTS) is 1. The summed E-state index contributed by atoms with van der Waals surface area (Å²) in [6, 6.07) is -0.269. The van der Waals surface area contributed by atoms with Gasteiger partial charge in [0.2, 0.25) is 0 Å². The normalized spacial score (nSPS) is 25.1. The third kappa shape index (κ3) is 2.49. The van der Waals surface area contributed by atoms with Gasteiger partial charge in [0.15, 0.2) is 0 Å². The van der Waals surface area contributed by atoms with E-state index in [0.29, 0.717) is 0 Å². The van der Waals surface area contributed by atoms with Gasteiger partial charge >= 0.3 is 5.97 Å². The van der Waals surface area contributed by atoms with E-state index in [1.807, 2.05) is 0 Å². The summed E-state index contributed by atoms with van der Waals surface area (Å²) >= 11 is 0. The quantitative estimate of drug-likeness (QED) is 0.606. The third-order valence-electron chi connectivity index (χ3n) is 1.36. The molecule has 9 heavy (non-hydrogen) atoms. The molecule has 0 amide bonds. The number of aliphatic carboxylic acids is 1. The van der Waals surface area contributed by atoms with Gasteiger partial charge in [-0.3, -0.25) is 4.79 Å². The second-order valence-electron chi connectivity index (χ2n) is 1.99. The van der Waals surface area contributed by atoms with Crippen LogP contribution in [0, 0.1) is 0 Å². The zero-order valence-electron chi connectivity index (χ0n) is 4.86. The number of nitrogens with one attached hydrogen (secondary N) is 1. The maximum absolute atomic E-state index is 10.1. The van der Waals surface area contributed by atoms with Crippen LogP contribution < -0.4 is 5.32 Å². The van der Waals surface area contributed by atoms with Crippen LogP contribution in [0.4, 0.5) is 0 Å². The molecule has 0 aliphatic carbocycles. The molecule has 1 aliphatic rings. The van der Waals surface area contributed by atoms with Crippen molar-refractivity contribution in [1.29, 1.82) is 0 Å². The summed E-state index contributed by atoms with van der Waals surface area (Å²) in [7, 11) is 0. The van der Waals surface area contributed by atoms with Crippen molar-refractivity contribution < 1.29 is 32.3 Å². The molecule has 1 saturated heterocycles. The van der Waals surface area contributed by atoms with Gasteiger partial charge in [-0.2, -0.15) is 0 Å². The number of carbonyl (C=O) groups is 1. The smallest absolute Gasteiger partial charge is 0.320 e. The van der Waals surface area contributed by atoms with E-state index in [-0.39, 0.29) is 28.4 Å². The minimum Gasteiger partial charge on any atom is -0.480 e. The SMILES string of the molecule is O=C(O)C1CCCN1.[Ag]. The molecule has 1 fully saturated rings. The Morgan fingerprint density at radius 2 is 2.33 bits per heavy atom. The molecule has 0 aromatic rings. The van der Waals surface area contributed by atoms with E-state index in [9.17, 15) is 4.79 Å². The number of hydrogen-bond donors (Lipinski definition) is 2. The fraction of sp³-hybridized carbons (Fsp3) is 0.800. The molecule has 57 valence electrons. The summed E-state index contributed by atoms with van der Waals surface area (Å²) in [6.45, 7) is 0.858. The van der Waals surface area contributed by atoms with Gasteiger partial charge in [-0.15, -0.1) is 0 Å². The van der Waals surface area contributed by atoms with Crippen LogP contribution in [0.5, 0.6) is 0 Å². The van der Waals surface area contributed by atoms with Gasteiger partial charge in [-0.05, 0) is 19.4 Å². The van der Waals surface area contributed by atoms with E-state index in [1.54, 1.807) is 0 Å². The second kappa shape index (κ2) is 4.06. The molecule has 0 bridgehead atoms. The van der Waals surface area contributed by atoms with Gasteiger partial charge in [0.05, 0.1) is 0 Å². The Labute approximate surface area is 69.3 Å². The standard InChI is InChI=1S/C5H9NO2.Ag/c7-5(8)4-2-1-3-6-4;/h4,6H,1-3H2,(H,7,8);. The summed E-state index contributed by atoms with van der Waals surface area (Å²) in [5.41, 5.74) is 0. The average Bonchev–Trinajstić information content (AvgIpc) is 2.12. The molecule has 1 heterocycles. The minimum atomic E-state index is -0.720. The van der Waals surface area contributed by atoms with Crippen molar-refractivity contribution in [3.05, 3.63) is 0 Å². The zero-order chi connectivity index (χ0) is 5.98. The van der Waals surface area contributed by atoms with Crippen molar-refractivity contribution in [2.24, 2.45) is 0 Å². The third-order valence-corrected chi connectivity index (χ3v) is 1.36. The predicted molar refractivity (Wildman–Crippen MR) is 28.7 cm³/mol. The van der Waals surface area contributed by atoms with Crippen molar-refractivity contribution >= 4 is 5.97 Å². The Morgan fingerprint density at radius 3 is 2.56 bits per heavy atom. The Balaban J connectivity index is 0.000000640. The predicted octanol–water partition coefficient (Wildman–Crippen LogP) is -0.179. The van der Waals surface area contributed by atoms with Gasteiger partial charge in [0.1, 0.15) is 6.04 Å². The molecule has 1 unspecified atom stereocenters. The van der Waals surface area contributed by atoms with E-state index in [2.05, 4.69) is 5.32 Å². The van der Waals surface area contributed by atoms with Crippen LogP contribution in [0.2, 0.25) is 0 Å². The molecule has 0 saturated carbocycles. The summed E-state index contributed by atoms with van der Waals surface area (Å²) in [6.07, 6.45) is 1.78. The molecule has 1 atom stereocenters. The molecule has 0 aromatic heterocycles. The van der Waals surface area contributed by atoms with E-state index in [4.69, 9.17) is 5.11 Å².